The Morgan fingerprint density at radius 1 is 1.22 bits per heavy atom. The van der Waals surface area contributed by atoms with Crippen LogP contribution >= 0.6 is 38.5 Å². The molecule has 0 radical (unpaired) electrons. The van der Waals surface area contributed by atoms with E-state index in [0.29, 0.717) is 5.56 Å². The zero-order valence-electron chi connectivity index (χ0n) is 9.71. The van der Waals surface area contributed by atoms with Gasteiger partial charge in [0.1, 0.15) is 0 Å². The molecule has 2 rings (SSSR count). The number of amides is 1. The molecule has 0 heterocycles. The van der Waals surface area contributed by atoms with Crippen molar-refractivity contribution in [2.75, 3.05) is 5.32 Å². The van der Waals surface area contributed by atoms with Crippen molar-refractivity contribution in [3.63, 3.8) is 0 Å². The molecular formula is C14H11BrINO. The molecule has 1 amide bonds. The summed E-state index contributed by atoms with van der Waals surface area (Å²) >= 11 is 5.60. The Morgan fingerprint density at radius 2 is 1.94 bits per heavy atom. The Hall–Kier alpha value is -0.880. The van der Waals surface area contributed by atoms with Gasteiger partial charge >= 0.3 is 0 Å². The average molecular weight is 416 g/mol. The molecule has 2 nitrogen and oxygen atoms in total. The van der Waals surface area contributed by atoms with E-state index in [9.17, 15) is 4.79 Å². The van der Waals surface area contributed by atoms with E-state index in [4.69, 9.17) is 0 Å². The molecule has 0 saturated carbocycles. The number of anilines is 1. The summed E-state index contributed by atoms with van der Waals surface area (Å²) in [7, 11) is 0. The van der Waals surface area contributed by atoms with Gasteiger partial charge in [-0.25, -0.2) is 0 Å². The van der Waals surface area contributed by atoms with Crippen LogP contribution in [-0.4, -0.2) is 5.91 Å². The molecule has 2 aromatic rings. The molecule has 0 aliphatic rings. The van der Waals surface area contributed by atoms with E-state index in [1.165, 1.54) is 0 Å². The first-order chi connectivity index (χ1) is 8.58. The van der Waals surface area contributed by atoms with Gasteiger partial charge in [0, 0.05) is 13.7 Å². The first-order valence-electron chi connectivity index (χ1n) is 5.40. The molecule has 0 unspecified atom stereocenters. The Kier molecular flexibility index (Phi) is 4.40. The molecule has 0 atom stereocenters. The van der Waals surface area contributed by atoms with Crippen LogP contribution in [0.15, 0.2) is 46.9 Å². The number of benzene rings is 2. The van der Waals surface area contributed by atoms with Crippen LogP contribution < -0.4 is 5.32 Å². The number of carbonyl (C=O) groups excluding carboxylic acids is 1. The van der Waals surface area contributed by atoms with Gasteiger partial charge in [-0.1, -0.05) is 28.1 Å². The molecule has 92 valence electrons. The van der Waals surface area contributed by atoms with Crippen LogP contribution in [-0.2, 0) is 0 Å². The molecular weight excluding hydrogens is 405 g/mol. The first kappa shape index (κ1) is 13.5. The van der Waals surface area contributed by atoms with Crippen molar-refractivity contribution in [3.05, 3.63) is 61.6 Å². The molecule has 1 N–H and O–H groups in total. The lowest BCUT2D eigenvalue weighted by atomic mass is 10.2. The van der Waals surface area contributed by atoms with Crippen molar-refractivity contribution in [2.45, 2.75) is 6.92 Å². The molecule has 0 aromatic heterocycles. The fourth-order valence-corrected chi connectivity index (χ4v) is 2.45. The van der Waals surface area contributed by atoms with Crippen molar-refractivity contribution in [2.24, 2.45) is 0 Å². The van der Waals surface area contributed by atoms with Gasteiger partial charge in [-0.15, -0.1) is 0 Å². The van der Waals surface area contributed by atoms with Gasteiger partial charge < -0.3 is 5.32 Å². The molecule has 0 spiro atoms. The van der Waals surface area contributed by atoms with Crippen LogP contribution in [0.25, 0.3) is 0 Å². The number of hydrogen-bond acceptors (Lipinski definition) is 1. The fourth-order valence-electron chi connectivity index (χ4n) is 1.57. The van der Waals surface area contributed by atoms with Crippen LogP contribution in [0.5, 0.6) is 0 Å². The minimum atomic E-state index is -0.0817. The molecule has 4 heteroatoms. The van der Waals surface area contributed by atoms with Gasteiger partial charge in [-0.2, -0.15) is 0 Å². The Labute approximate surface area is 128 Å². The predicted octanol–water partition coefficient (Wildman–Crippen LogP) is 4.61. The minimum Gasteiger partial charge on any atom is -0.322 e. The van der Waals surface area contributed by atoms with Gasteiger partial charge in [0.25, 0.3) is 5.91 Å². The first-order valence-corrected chi connectivity index (χ1v) is 7.27. The van der Waals surface area contributed by atoms with Gasteiger partial charge in [0.15, 0.2) is 0 Å². The summed E-state index contributed by atoms with van der Waals surface area (Å²) in [5, 5.41) is 2.90. The number of halogens is 2. The third-order valence-electron chi connectivity index (χ3n) is 2.53. The van der Waals surface area contributed by atoms with E-state index in [-0.39, 0.29) is 5.91 Å². The molecule has 0 aliphatic heterocycles. The lowest BCUT2D eigenvalue weighted by molar-refractivity contribution is 0.102. The number of nitrogens with one attached hydrogen (secondary N) is 1. The second-order valence-electron chi connectivity index (χ2n) is 3.90. The summed E-state index contributed by atoms with van der Waals surface area (Å²) in [6.45, 7) is 1.99. The third-order valence-corrected chi connectivity index (χ3v) is 4.36. The Balaban J connectivity index is 2.22. The largest absolute Gasteiger partial charge is 0.322 e. The highest BCUT2D eigenvalue weighted by molar-refractivity contribution is 14.1. The molecule has 0 fully saturated rings. The van der Waals surface area contributed by atoms with E-state index >= 15 is 0 Å². The monoisotopic (exact) mass is 415 g/mol. The molecule has 18 heavy (non-hydrogen) atoms. The summed E-state index contributed by atoms with van der Waals surface area (Å²) < 4.78 is 1.98. The number of carbonyl (C=O) groups is 1. The molecule has 0 bridgehead atoms. The topological polar surface area (TPSA) is 29.1 Å². The summed E-state index contributed by atoms with van der Waals surface area (Å²) in [6, 6.07) is 13.3. The third kappa shape index (κ3) is 3.11. The number of aryl methyl sites for hydroxylation is 1. The minimum absolute atomic E-state index is 0.0817. The molecule has 2 aromatic carbocycles. The van der Waals surface area contributed by atoms with E-state index in [1.54, 1.807) is 0 Å². The zero-order chi connectivity index (χ0) is 13.1. The van der Waals surface area contributed by atoms with Crippen LogP contribution in [0.1, 0.15) is 15.9 Å². The second-order valence-corrected chi connectivity index (χ2v) is 5.91. The maximum absolute atomic E-state index is 12.1. The van der Waals surface area contributed by atoms with Gasteiger partial charge in [-0.3, -0.25) is 4.79 Å². The van der Waals surface area contributed by atoms with Gasteiger partial charge in [-0.05, 0) is 65.4 Å². The summed E-state index contributed by atoms with van der Waals surface area (Å²) in [6.07, 6.45) is 0. The maximum atomic E-state index is 12.1. The van der Waals surface area contributed by atoms with Crippen molar-refractivity contribution in [1.82, 2.24) is 0 Å². The summed E-state index contributed by atoms with van der Waals surface area (Å²) in [5.74, 6) is -0.0817. The van der Waals surface area contributed by atoms with Crippen molar-refractivity contribution >= 4 is 50.1 Å². The van der Waals surface area contributed by atoms with Gasteiger partial charge in [0.05, 0.1) is 5.56 Å². The van der Waals surface area contributed by atoms with E-state index in [1.807, 2.05) is 49.4 Å². The van der Waals surface area contributed by atoms with E-state index < -0.39 is 0 Å². The van der Waals surface area contributed by atoms with Crippen molar-refractivity contribution < 1.29 is 4.79 Å². The number of hydrogen-bond donors (Lipinski definition) is 1. The second kappa shape index (κ2) is 5.84. The standard InChI is InChI=1S/C14H11BrINO/c1-9-8-10(6-7-12(9)15)17-14(18)11-4-2-3-5-13(11)16/h2-8H,1H3,(H,17,18). The quantitative estimate of drug-likeness (QED) is 0.712. The number of rotatable bonds is 2. The fraction of sp³-hybridized carbons (Fsp3) is 0.0714. The molecule has 0 aliphatic carbocycles. The Bertz CT molecular complexity index is 598. The lowest BCUT2D eigenvalue weighted by Gasteiger charge is -2.08. The SMILES string of the molecule is Cc1cc(NC(=O)c2ccccc2I)ccc1Br. The van der Waals surface area contributed by atoms with Crippen LogP contribution in [0.3, 0.4) is 0 Å². The highest BCUT2D eigenvalue weighted by Crippen LogP contribution is 2.21. The van der Waals surface area contributed by atoms with E-state index in [0.717, 1.165) is 19.3 Å². The zero-order valence-corrected chi connectivity index (χ0v) is 13.4. The summed E-state index contributed by atoms with van der Waals surface area (Å²) in [5.41, 5.74) is 2.59. The van der Waals surface area contributed by atoms with Crippen LogP contribution in [0.4, 0.5) is 5.69 Å². The Morgan fingerprint density at radius 3 is 2.61 bits per heavy atom. The summed E-state index contributed by atoms with van der Waals surface area (Å²) in [4.78, 5) is 12.1. The molecule has 0 saturated heterocycles. The normalized spacial score (nSPS) is 10.2. The predicted molar refractivity (Wildman–Crippen MR) is 86.0 cm³/mol. The van der Waals surface area contributed by atoms with Crippen molar-refractivity contribution in [3.8, 4) is 0 Å². The smallest absolute Gasteiger partial charge is 0.256 e. The van der Waals surface area contributed by atoms with Gasteiger partial charge in [0.2, 0.25) is 0 Å². The maximum Gasteiger partial charge on any atom is 0.256 e. The van der Waals surface area contributed by atoms with E-state index in [2.05, 4.69) is 43.8 Å². The highest BCUT2D eigenvalue weighted by atomic mass is 127. The highest BCUT2D eigenvalue weighted by Gasteiger charge is 2.09. The van der Waals surface area contributed by atoms with Crippen LogP contribution in [0, 0.1) is 10.5 Å². The average Bonchev–Trinajstić information content (AvgIpc) is 2.34. The van der Waals surface area contributed by atoms with Crippen molar-refractivity contribution in [1.29, 1.82) is 0 Å². The van der Waals surface area contributed by atoms with Crippen LogP contribution in [0.2, 0.25) is 0 Å². The lowest BCUT2D eigenvalue weighted by Crippen LogP contribution is -2.13.